The molecular weight excluding hydrogens is 224 g/mol. The Bertz CT molecular complexity index is 442. The van der Waals surface area contributed by atoms with Crippen molar-refractivity contribution in [1.29, 1.82) is 0 Å². The summed E-state index contributed by atoms with van der Waals surface area (Å²) in [6.07, 6.45) is 2.47. The molecule has 96 valence electrons. The first-order valence-corrected chi connectivity index (χ1v) is 6.41. The lowest BCUT2D eigenvalue weighted by Gasteiger charge is -2.15. The van der Waals surface area contributed by atoms with Crippen LogP contribution in [0.3, 0.4) is 0 Å². The number of hydrogen-bond acceptors (Lipinski definition) is 2. The Kier molecular flexibility index (Phi) is 4.03. The van der Waals surface area contributed by atoms with E-state index in [0.717, 1.165) is 31.7 Å². The Morgan fingerprint density at radius 3 is 3.17 bits per heavy atom. The zero-order valence-electron chi connectivity index (χ0n) is 10.9. The summed E-state index contributed by atoms with van der Waals surface area (Å²) in [6.45, 7) is 8.23. The van der Waals surface area contributed by atoms with Gasteiger partial charge in [0.25, 0.3) is 0 Å². The van der Waals surface area contributed by atoms with E-state index in [1.54, 1.807) is 0 Å². The van der Waals surface area contributed by atoms with Crippen molar-refractivity contribution in [3.05, 3.63) is 42.5 Å². The minimum absolute atomic E-state index is 0.0491. The SMILES string of the molecule is C=CC(=O)N1CCC(CNc2cccc(C)c2)C1. The van der Waals surface area contributed by atoms with E-state index in [-0.39, 0.29) is 5.91 Å². The molecule has 0 bridgehead atoms. The molecule has 1 fully saturated rings. The first-order chi connectivity index (χ1) is 8.69. The van der Waals surface area contributed by atoms with Crippen molar-refractivity contribution in [2.24, 2.45) is 5.92 Å². The van der Waals surface area contributed by atoms with E-state index >= 15 is 0 Å². The number of amides is 1. The molecule has 0 saturated carbocycles. The van der Waals surface area contributed by atoms with Crippen LogP contribution in [0.2, 0.25) is 0 Å². The average Bonchev–Trinajstić information content (AvgIpc) is 2.84. The molecule has 2 rings (SSSR count). The van der Waals surface area contributed by atoms with Gasteiger partial charge in [0.05, 0.1) is 0 Å². The summed E-state index contributed by atoms with van der Waals surface area (Å²) < 4.78 is 0. The number of carbonyl (C=O) groups excluding carboxylic acids is 1. The van der Waals surface area contributed by atoms with Crippen molar-refractivity contribution >= 4 is 11.6 Å². The summed E-state index contributed by atoms with van der Waals surface area (Å²) in [4.78, 5) is 13.3. The molecule has 0 aliphatic carbocycles. The van der Waals surface area contributed by atoms with E-state index in [2.05, 4.69) is 43.1 Å². The van der Waals surface area contributed by atoms with Gasteiger partial charge in [0, 0.05) is 25.3 Å². The fourth-order valence-corrected chi connectivity index (χ4v) is 2.35. The maximum absolute atomic E-state index is 11.5. The van der Waals surface area contributed by atoms with Gasteiger partial charge in [0.2, 0.25) is 5.91 Å². The minimum Gasteiger partial charge on any atom is -0.385 e. The van der Waals surface area contributed by atoms with Gasteiger partial charge in [-0.15, -0.1) is 0 Å². The molecule has 1 amide bonds. The van der Waals surface area contributed by atoms with Crippen LogP contribution in [0.25, 0.3) is 0 Å². The number of anilines is 1. The number of hydrogen-bond donors (Lipinski definition) is 1. The lowest BCUT2D eigenvalue weighted by molar-refractivity contribution is -0.125. The molecule has 0 aromatic heterocycles. The maximum atomic E-state index is 11.5. The first-order valence-electron chi connectivity index (χ1n) is 6.41. The van der Waals surface area contributed by atoms with Crippen molar-refractivity contribution in [3.8, 4) is 0 Å². The quantitative estimate of drug-likeness (QED) is 0.825. The summed E-state index contributed by atoms with van der Waals surface area (Å²) in [5.41, 5.74) is 2.42. The number of aryl methyl sites for hydroxylation is 1. The summed E-state index contributed by atoms with van der Waals surface area (Å²) >= 11 is 0. The second kappa shape index (κ2) is 5.71. The van der Waals surface area contributed by atoms with E-state index < -0.39 is 0 Å². The van der Waals surface area contributed by atoms with Crippen molar-refractivity contribution in [2.75, 3.05) is 25.0 Å². The van der Waals surface area contributed by atoms with E-state index in [1.165, 1.54) is 11.6 Å². The molecule has 1 aliphatic heterocycles. The molecule has 0 radical (unpaired) electrons. The highest BCUT2D eigenvalue weighted by Gasteiger charge is 2.24. The highest BCUT2D eigenvalue weighted by molar-refractivity contribution is 5.87. The van der Waals surface area contributed by atoms with Gasteiger partial charge in [-0.1, -0.05) is 18.7 Å². The second-order valence-corrected chi connectivity index (χ2v) is 4.89. The van der Waals surface area contributed by atoms with Crippen LogP contribution in [0.4, 0.5) is 5.69 Å². The molecule has 1 aromatic carbocycles. The minimum atomic E-state index is 0.0491. The van der Waals surface area contributed by atoms with Crippen LogP contribution in [0.5, 0.6) is 0 Å². The van der Waals surface area contributed by atoms with E-state index in [0.29, 0.717) is 5.92 Å². The lowest BCUT2D eigenvalue weighted by atomic mass is 10.1. The normalized spacial score (nSPS) is 18.7. The number of nitrogens with one attached hydrogen (secondary N) is 1. The Morgan fingerprint density at radius 2 is 2.44 bits per heavy atom. The molecule has 1 N–H and O–H groups in total. The van der Waals surface area contributed by atoms with E-state index in [4.69, 9.17) is 0 Å². The molecule has 18 heavy (non-hydrogen) atoms. The van der Waals surface area contributed by atoms with Gasteiger partial charge in [0.15, 0.2) is 0 Å². The predicted molar refractivity (Wildman–Crippen MR) is 74.6 cm³/mol. The Hall–Kier alpha value is -1.77. The van der Waals surface area contributed by atoms with Crippen LogP contribution in [0.1, 0.15) is 12.0 Å². The van der Waals surface area contributed by atoms with Crippen molar-refractivity contribution in [1.82, 2.24) is 4.90 Å². The van der Waals surface area contributed by atoms with Gasteiger partial charge in [-0.3, -0.25) is 4.79 Å². The maximum Gasteiger partial charge on any atom is 0.245 e. The van der Waals surface area contributed by atoms with Gasteiger partial charge >= 0.3 is 0 Å². The van der Waals surface area contributed by atoms with Gasteiger partial charge in [0.1, 0.15) is 0 Å². The topological polar surface area (TPSA) is 32.3 Å². The van der Waals surface area contributed by atoms with Crippen LogP contribution >= 0.6 is 0 Å². The molecule has 1 saturated heterocycles. The van der Waals surface area contributed by atoms with E-state index in [9.17, 15) is 4.79 Å². The van der Waals surface area contributed by atoms with Crippen LogP contribution in [0.15, 0.2) is 36.9 Å². The van der Waals surface area contributed by atoms with Gasteiger partial charge in [-0.05, 0) is 43.0 Å². The third-order valence-corrected chi connectivity index (χ3v) is 3.39. The number of carbonyl (C=O) groups is 1. The molecule has 0 spiro atoms. The van der Waals surface area contributed by atoms with Crippen molar-refractivity contribution in [2.45, 2.75) is 13.3 Å². The highest BCUT2D eigenvalue weighted by atomic mass is 16.2. The molecule has 1 atom stereocenters. The summed E-state index contributed by atoms with van der Waals surface area (Å²) in [5.74, 6) is 0.586. The smallest absolute Gasteiger partial charge is 0.245 e. The molecule has 1 heterocycles. The first kappa shape index (κ1) is 12.7. The molecule has 1 unspecified atom stereocenters. The Morgan fingerprint density at radius 1 is 1.61 bits per heavy atom. The van der Waals surface area contributed by atoms with Gasteiger partial charge < -0.3 is 10.2 Å². The monoisotopic (exact) mass is 244 g/mol. The lowest BCUT2D eigenvalue weighted by Crippen LogP contribution is -2.27. The zero-order chi connectivity index (χ0) is 13.0. The van der Waals surface area contributed by atoms with Crippen LogP contribution in [-0.4, -0.2) is 30.4 Å². The van der Waals surface area contributed by atoms with Crippen molar-refractivity contribution < 1.29 is 4.79 Å². The fraction of sp³-hybridized carbons (Fsp3) is 0.400. The highest BCUT2D eigenvalue weighted by Crippen LogP contribution is 2.18. The summed E-state index contributed by atoms with van der Waals surface area (Å²) in [5, 5.41) is 3.44. The zero-order valence-corrected chi connectivity index (χ0v) is 10.9. The largest absolute Gasteiger partial charge is 0.385 e. The molecule has 3 nitrogen and oxygen atoms in total. The average molecular weight is 244 g/mol. The summed E-state index contributed by atoms with van der Waals surface area (Å²) in [7, 11) is 0. The van der Waals surface area contributed by atoms with Crippen LogP contribution < -0.4 is 5.32 Å². The molecule has 3 heteroatoms. The Labute approximate surface area is 108 Å². The number of rotatable bonds is 4. The molecule has 1 aliphatic rings. The van der Waals surface area contributed by atoms with E-state index in [1.807, 2.05) is 4.90 Å². The fourth-order valence-electron chi connectivity index (χ4n) is 2.35. The van der Waals surface area contributed by atoms with Gasteiger partial charge in [-0.25, -0.2) is 0 Å². The summed E-state index contributed by atoms with van der Waals surface area (Å²) in [6, 6.07) is 8.36. The third-order valence-electron chi connectivity index (χ3n) is 3.39. The second-order valence-electron chi connectivity index (χ2n) is 4.89. The standard InChI is InChI=1S/C15H20N2O/c1-3-15(18)17-8-7-13(11-17)10-16-14-6-4-5-12(2)9-14/h3-6,9,13,16H,1,7-8,10-11H2,2H3. The van der Waals surface area contributed by atoms with Crippen LogP contribution in [-0.2, 0) is 4.79 Å². The predicted octanol–water partition coefficient (Wildman–Crippen LogP) is 2.44. The van der Waals surface area contributed by atoms with Crippen LogP contribution in [0, 0.1) is 12.8 Å². The molecule has 1 aromatic rings. The third kappa shape index (κ3) is 3.13. The number of likely N-dealkylation sites (tertiary alicyclic amines) is 1. The Balaban J connectivity index is 1.82. The van der Waals surface area contributed by atoms with Crippen molar-refractivity contribution in [3.63, 3.8) is 0 Å². The van der Waals surface area contributed by atoms with Gasteiger partial charge in [-0.2, -0.15) is 0 Å². The number of nitrogens with zero attached hydrogens (tertiary/aromatic N) is 1. The number of benzene rings is 1. The molecular formula is C15H20N2O.